The third kappa shape index (κ3) is 7.27. The minimum Gasteiger partial charge on any atom is -0.381 e. The Balaban J connectivity index is 1.52. The van der Waals surface area contributed by atoms with E-state index in [-0.39, 0.29) is 5.82 Å². The molecule has 24 heavy (non-hydrogen) atoms. The number of halogens is 1. The van der Waals surface area contributed by atoms with Crippen molar-refractivity contribution in [3.8, 4) is 0 Å². The smallest absolute Gasteiger partial charge is 0.191 e. The summed E-state index contributed by atoms with van der Waals surface area (Å²) in [5, 5.41) is 6.46. The lowest BCUT2D eigenvalue weighted by atomic mass is 10.0. The SMILES string of the molecule is CN=C(NCCCOCC1CCOCC1)NCc1ccc(F)cc1. The van der Waals surface area contributed by atoms with Crippen molar-refractivity contribution >= 4 is 5.96 Å². The van der Waals surface area contributed by atoms with Crippen molar-refractivity contribution in [2.75, 3.05) is 40.0 Å². The maximum Gasteiger partial charge on any atom is 0.191 e. The van der Waals surface area contributed by atoms with Crippen LogP contribution in [0.1, 0.15) is 24.8 Å². The van der Waals surface area contributed by atoms with Gasteiger partial charge in [0.25, 0.3) is 0 Å². The lowest BCUT2D eigenvalue weighted by Gasteiger charge is -2.21. The zero-order valence-electron chi connectivity index (χ0n) is 14.4. The highest BCUT2D eigenvalue weighted by Crippen LogP contribution is 2.14. The van der Waals surface area contributed by atoms with Gasteiger partial charge in [-0.25, -0.2) is 4.39 Å². The Bertz CT molecular complexity index is 488. The van der Waals surface area contributed by atoms with Crippen LogP contribution in [0.15, 0.2) is 29.3 Å². The first kappa shape index (κ1) is 18.7. The van der Waals surface area contributed by atoms with Crippen LogP contribution in [0.5, 0.6) is 0 Å². The second kappa shape index (κ2) is 11.0. The molecule has 5 nitrogen and oxygen atoms in total. The summed E-state index contributed by atoms with van der Waals surface area (Å²) in [5.41, 5.74) is 1.01. The monoisotopic (exact) mass is 337 g/mol. The van der Waals surface area contributed by atoms with Crippen molar-refractivity contribution in [3.05, 3.63) is 35.6 Å². The Hall–Kier alpha value is -1.66. The van der Waals surface area contributed by atoms with E-state index in [4.69, 9.17) is 9.47 Å². The molecule has 1 aliphatic rings. The largest absolute Gasteiger partial charge is 0.381 e. The summed E-state index contributed by atoms with van der Waals surface area (Å²) >= 11 is 0. The van der Waals surface area contributed by atoms with Gasteiger partial charge in [0, 0.05) is 46.6 Å². The summed E-state index contributed by atoms with van der Waals surface area (Å²) in [6.45, 7) is 4.73. The second-order valence-corrected chi connectivity index (χ2v) is 5.96. The molecule has 1 heterocycles. The van der Waals surface area contributed by atoms with E-state index < -0.39 is 0 Å². The molecule has 1 aliphatic heterocycles. The molecule has 0 atom stereocenters. The summed E-state index contributed by atoms with van der Waals surface area (Å²) < 4.78 is 23.9. The van der Waals surface area contributed by atoms with Gasteiger partial charge in [-0.2, -0.15) is 0 Å². The summed E-state index contributed by atoms with van der Waals surface area (Å²) in [6, 6.07) is 6.45. The fourth-order valence-electron chi connectivity index (χ4n) is 2.55. The molecule has 1 aromatic carbocycles. The summed E-state index contributed by atoms with van der Waals surface area (Å²) in [6.07, 6.45) is 3.15. The van der Waals surface area contributed by atoms with Gasteiger partial charge in [-0.3, -0.25) is 4.99 Å². The van der Waals surface area contributed by atoms with Gasteiger partial charge in [0.2, 0.25) is 0 Å². The van der Waals surface area contributed by atoms with Crippen molar-refractivity contribution in [2.24, 2.45) is 10.9 Å². The number of rotatable bonds is 8. The average Bonchev–Trinajstić information content (AvgIpc) is 2.63. The highest BCUT2D eigenvalue weighted by molar-refractivity contribution is 5.79. The number of benzene rings is 1. The van der Waals surface area contributed by atoms with Crippen molar-refractivity contribution < 1.29 is 13.9 Å². The fourth-order valence-corrected chi connectivity index (χ4v) is 2.55. The second-order valence-electron chi connectivity index (χ2n) is 5.96. The summed E-state index contributed by atoms with van der Waals surface area (Å²) in [4.78, 5) is 4.18. The van der Waals surface area contributed by atoms with Crippen LogP contribution >= 0.6 is 0 Å². The number of hydrogen-bond acceptors (Lipinski definition) is 3. The van der Waals surface area contributed by atoms with Gasteiger partial charge >= 0.3 is 0 Å². The number of guanidine groups is 1. The molecule has 2 N–H and O–H groups in total. The van der Waals surface area contributed by atoms with Crippen LogP contribution in [0.3, 0.4) is 0 Å². The first-order chi connectivity index (χ1) is 11.8. The molecule has 0 aromatic heterocycles. The van der Waals surface area contributed by atoms with E-state index in [0.29, 0.717) is 12.5 Å². The minimum atomic E-state index is -0.220. The Labute approximate surface area is 143 Å². The fraction of sp³-hybridized carbons (Fsp3) is 0.611. The van der Waals surface area contributed by atoms with Gasteiger partial charge in [-0.1, -0.05) is 12.1 Å². The molecule has 1 fully saturated rings. The predicted molar refractivity (Wildman–Crippen MR) is 93.6 cm³/mol. The van der Waals surface area contributed by atoms with E-state index >= 15 is 0 Å². The highest BCUT2D eigenvalue weighted by atomic mass is 19.1. The molecule has 6 heteroatoms. The van der Waals surface area contributed by atoms with Crippen molar-refractivity contribution in [1.29, 1.82) is 0 Å². The molecule has 134 valence electrons. The van der Waals surface area contributed by atoms with Gasteiger partial charge in [-0.05, 0) is 42.9 Å². The molecular weight excluding hydrogens is 309 g/mol. The molecule has 0 unspecified atom stereocenters. The van der Waals surface area contributed by atoms with Gasteiger partial charge in [0.15, 0.2) is 5.96 Å². The molecule has 2 rings (SSSR count). The first-order valence-corrected chi connectivity index (χ1v) is 8.62. The number of hydrogen-bond donors (Lipinski definition) is 2. The van der Waals surface area contributed by atoms with Crippen molar-refractivity contribution in [1.82, 2.24) is 10.6 Å². The van der Waals surface area contributed by atoms with E-state index in [2.05, 4.69) is 15.6 Å². The molecule has 0 aliphatic carbocycles. The van der Waals surface area contributed by atoms with Crippen molar-refractivity contribution in [2.45, 2.75) is 25.8 Å². The van der Waals surface area contributed by atoms with Crippen LogP contribution in [0.2, 0.25) is 0 Å². The Morgan fingerprint density at radius 3 is 2.71 bits per heavy atom. The maximum atomic E-state index is 12.9. The first-order valence-electron chi connectivity index (χ1n) is 8.62. The Morgan fingerprint density at radius 2 is 2.00 bits per heavy atom. The van der Waals surface area contributed by atoms with Crippen LogP contribution in [0, 0.1) is 11.7 Å². The molecule has 0 bridgehead atoms. The van der Waals surface area contributed by atoms with Crippen LogP contribution in [-0.2, 0) is 16.0 Å². The normalized spacial score (nSPS) is 16.2. The van der Waals surface area contributed by atoms with E-state index in [0.717, 1.165) is 63.8 Å². The van der Waals surface area contributed by atoms with Gasteiger partial charge < -0.3 is 20.1 Å². The number of ether oxygens (including phenoxy) is 2. The predicted octanol–water partition coefficient (Wildman–Crippen LogP) is 2.32. The zero-order chi connectivity index (χ0) is 17.0. The highest BCUT2D eigenvalue weighted by Gasteiger charge is 2.13. The van der Waals surface area contributed by atoms with Crippen LogP contribution < -0.4 is 10.6 Å². The van der Waals surface area contributed by atoms with E-state index in [9.17, 15) is 4.39 Å². The summed E-state index contributed by atoms with van der Waals surface area (Å²) in [7, 11) is 1.74. The molecule has 0 spiro atoms. The molecule has 0 saturated carbocycles. The van der Waals surface area contributed by atoms with Gasteiger partial charge in [0.1, 0.15) is 5.82 Å². The molecule has 1 saturated heterocycles. The van der Waals surface area contributed by atoms with E-state index in [1.54, 1.807) is 19.2 Å². The third-order valence-electron chi connectivity index (χ3n) is 4.05. The van der Waals surface area contributed by atoms with E-state index in [1.165, 1.54) is 12.1 Å². The minimum absolute atomic E-state index is 0.220. The van der Waals surface area contributed by atoms with Crippen molar-refractivity contribution in [3.63, 3.8) is 0 Å². The maximum absolute atomic E-state index is 12.9. The lowest BCUT2D eigenvalue weighted by molar-refractivity contribution is 0.0203. The Morgan fingerprint density at radius 1 is 1.25 bits per heavy atom. The molecule has 0 amide bonds. The summed E-state index contributed by atoms with van der Waals surface area (Å²) in [5.74, 6) is 1.17. The molecular formula is C18H28FN3O2. The van der Waals surface area contributed by atoms with E-state index in [1.807, 2.05) is 0 Å². The Kier molecular flexibility index (Phi) is 8.55. The average molecular weight is 337 g/mol. The molecule has 1 aromatic rings. The number of aliphatic imine (C=N–C) groups is 1. The molecule has 0 radical (unpaired) electrons. The topological polar surface area (TPSA) is 54.9 Å². The number of nitrogens with one attached hydrogen (secondary N) is 2. The quantitative estimate of drug-likeness (QED) is 0.434. The lowest BCUT2D eigenvalue weighted by Crippen LogP contribution is -2.37. The van der Waals surface area contributed by atoms with Crippen LogP contribution in [0.25, 0.3) is 0 Å². The number of nitrogens with zero attached hydrogens (tertiary/aromatic N) is 1. The standard InChI is InChI=1S/C18H28FN3O2/c1-20-18(22-13-15-3-5-17(19)6-4-15)21-9-2-10-24-14-16-7-11-23-12-8-16/h3-6,16H,2,7-14H2,1H3,(H2,20,21,22). The third-order valence-corrected chi connectivity index (χ3v) is 4.05. The zero-order valence-corrected chi connectivity index (χ0v) is 14.4. The van der Waals surface area contributed by atoms with Gasteiger partial charge in [0.05, 0.1) is 0 Å². The van der Waals surface area contributed by atoms with Gasteiger partial charge in [-0.15, -0.1) is 0 Å². The van der Waals surface area contributed by atoms with Crippen LogP contribution in [0.4, 0.5) is 4.39 Å². The van der Waals surface area contributed by atoms with Crippen LogP contribution in [-0.4, -0.2) is 46.0 Å².